The van der Waals surface area contributed by atoms with E-state index in [1.54, 1.807) is 0 Å². The highest BCUT2D eigenvalue weighted by Gasteiger charge is 2.18. The van der Waals surface area contributed by atoms with Crippen LogP contribution < -0.4 is 11.3 Å². The van der Waals surface area contributed by atoms with Gasteiger partial charge in [-0.1, -0.05) is 32.4 Å². The minimum absolute atomic E-state index is 0.324. The van der Waals surface area contributed by atoms with E-state index in [0.717, 1.165) is 5.75 Å². The van der Waals surface area contributed by atoms with Gasteiger partial charge in [-0.15, -0.1) is 0 Å². The molecule has 1 rings (SSSR count). The van der Waals surface area contributed by atoms with Gasteiger partial charge in [0, 0.05) is 10.5 Å². The minimum atomic E-state index is 0.324. The Bertz CT molecular complexity index is 218. The molecule has 0 fully saturated rings. The van der Waals surface area contributed by atoms with E-state index in [0.29, 0.717) is 10.8 Å². The summed E-state index contributed by atoms with van der Waals surface area (Å²) in [7, 11) is 0. The highest BCUT2D eigenvalue weighted by Crippen LogP contribution is 2.27. The van der Waals surface area contributed by atoms with E-state index in [1.807, 2.05) is 11.8 Å². The van der Waals surface area contributed by atoms with Crippen molar-refractivity contribution < 1.29 is 0 Å². The summed E-state index contributed by atoms with van der Waals surface area (Å²) in [6.45, 7) is 6.75. The van der Waals surface area contributed by atoms with E-state index in [-0.39, 0.29) is 0 Å². The maximum atomic E-state index is 5.63. The molecule has 0 aromatic heterocycles. The second-order valence-electron chi connectivity index (χ2n) is 5.17. The van der Waals surface area contributed by atoms with Crippen molar-refractivity contribution in [1.82, 2.24) is 5.43 Å². The number of thioether (sulfide) groups is 1. The van der Waals surface area contributed by atoms with Gasteiger partial charge in [0.05, 0.1) is 6.04 Å². The van der Waals surface area contributed by atoms with Crippen molar-refractivity contribution in [2.45, 2.75) is 57.2 Å². The van der Waals surface area contributed by atoms with Crippen LogP contribution in [0.2, 0.25) is 0 Å². The first kappa shape index (κ1) is 13.1. The predicted octanol–water partition coefficient (Wildman–Crippen LogP) is 2.85. The zero-order chi connectivity index (χ0) is 11.3. The quantitative estimate of drug-likeness (QED) is 0.441. The molecule has 2 nitrogen and oxygen atoms in total. The van der Waals surface area contributed by atoms with Crippen molar-refractivity contribution >= 4 is 11.8 Å². The molecule has 1 aliphatic carbocycles. The van der Waals surface area contributed by atoms with Gasteiger partial charge in [0.2, 0.25) is 0 Å². The fourth-order valence-corrected chi connectivity index (χ4v) is 2.75. The Labute approximate surface area is 98.0 Å². The molecule has 0 amide bonds. The SMILES string of the molecule is CC(C)(C)SCC(NN)C1=CCCCC1. The summed E-state index contributed by atoms with van der Waals surface area (Å²) in [6.07, 6.45) is 7.49. The Balaban J connectivity index is 2.44. The number of nitrogens with one attached hydrogen (secondary N) is 1. The summed E-state index contributed by atoms with van der Waals surface area (Å²) in [5, 5.41) is 0. The summed E-state index contributed by atoms with van der Waals surface area (Å²) in [4.78, 5) is 0. The van der Waals surface area contributed by atoms with Crippen molar-refractivity contribution in [2.24, 2.45) is 5.84 Å². The summed E-state index contributed by atoms with van der Waals surface area (Å²) in [5.41, 5.74) is 4.47. The van der Waals surface area contributed by atoms with Gasteiger partial charge >= 0.3 is 0 Å². The number of allylic oxidation sites excluding steroid dienone is 1. The summed E-state index contributed by atoms with van der Waals surface area (Å²) >= 11 is 1.98. The molecule has 0 aromatic rings. The molecule has 0 saturated heterocycles. The van der Waals surface area contributed by atoms with Gasteiger partial charge in [-0.25, -0.2) is 0 Å². The van der Waals surface area contributed by atoms with Gasteiger partial charge in [0.25, 0.3) is 0 Å². The average molecular weight is 228 g/mol. The van der Waals surface area contributed by atoms with Gasteiger partial charge in [0.15, 0.2) is 0 Å². The standard InChI is InChI=1S/C12H24N2S/c1-12(2,3)15-9-11(14-13)10-7-5-4-6-8-10/h7,11,14H,4-6,8-9,13H2,1-3H3. The monoisotopic (exact) mass is 228 g/mol. The van der Waals surface area contributed by atoms with Gasteiger partial charge in [-0.05, 0) is 25.7 Å². The third-order valence-corrected chi connectivity index (χ3v) is 4.02. The molecule has 1 unspecified atom stereocenters. The third kappa shape index (κ3) is 5.05. The smallest absolute Gasteiger partial charge is 0.0510 e. The zero-order valence-corrected chi connectivity index (χ0v) is 11.0. The molecule has 88 valence electrons. The van der Waals surface area contributed by atoms with Crippen molar-refractivity contribution in [1.29, 1.82) is 0 Å². The number of rotatable bonds is 4. The van der Waals surface area contributed by atoms with Crippen LogP contribution in [0.25, 0.3) is 0 Å². The first-order chi connectivity index (χ1) is 7.03. The van der Waals surface area contributed by atoms with Gasteiger partial charge in [0.1, 0.15) is 0 Å². The van der Waals surface area contributed by atoms with Crippen molar-refractivity contribution in [3.05, 3.63) is 11.6 Å². The predicted molar refractivity (Wildman–Crippen MR) is 69.9 cm³/mol. The van der Waals surface area contributed by atoms with Gasteiger partial charge < -0.3 is 0 Å². The second kappa shape index (κ2) is 5.92. The van der Waals surface area contributed by atoms with Crippen LogP contribution >= 0.6 is 11.8 Å². The lowest BCUT2D eigenvalue weighted by Gasteiger charge is -2.26. The fourth-order valence-electron chi connectivity index (χ4n) is 1.77. The number of hydrogen-bond acceptors (Lipinski definition) is 3. The minimum Gasteiger partial charge on any atom is -0.271 e. The van der Waals surface area contributed by atoms with Crippen molar-refractivity contribution in [3.63, 3.8) is 0 Å². The van der Waals surface area contributed by atoms with Crippen LogP contribution in [0.15, 0.2) is 11.6 Å². The van der Waals surface area contributed by atoms with Crippen LogP contribution in [0.3, 0.4) is 0 Å². The third-order valence-electron chi connectivity index (χ3n) is 2.66. The number of hydrazine groups is 1. The summed E-state index contributed by atoms with van der Waals surface area (Å²) < 4.78 is 0.324. The van der Waals surface area contributed by atoms with E-state index < -0.39 is 0 Å². The molecule has 0 spiro atoms. The van der Waals surface area contributed by atoms with Gasteiger partial charge in [-0.3, -0.25) is 11.3 Å². The van der Waals surface area contributed by atoms with E-state index in [2.05, 4.69) is 32.3 Å². The molecular formula is C12H24N2S. The molecule has 15 heavy (non-hydrogen) atoms. The Hall–Kier alpha value is 0.0100. The molecule has 0 radical (unpaired) electrons. The maximum absolute atomic E-state index is 5.63. The number of hydrogen-bond donors (Lipinski definition) is 2. The normalized spacial score (nSPS) is 19.9. The van der Waals surface area contributed by atoms with E-state index in [9.17, 15) is 0 Å². The molecule has 3 N–H and O–H groups in total. The van der Waals surface area contributed by atoms with Crippen molar-refractivity contribution in [3.8, 4) is 0 Å². The Morgan fingerprint density at radius 3 is 2.67 bits per heavy atom. The van der Waals surface area contributed by atoms with Crippen LogP contribution in [0.5, 0.6) is 0 Å². The fraction of sp³-hybridized carbons (Fsp3) is 0.833. The highest BCUT2D eigenvalue weighted by molar-refractivity contribution is 8.00. The molecule has 0 bridgehead atoms. The van der Waals surface area contributed by atoms with E-state index in [1.165, 1.54) is 31.3 Å². The Morgan fingerprint density at radius 2 is 2.20 bits per heavy atom. The Morgan fingerprint density at radius 1 is 1.47 bits per heavy atom. The average Bonchev–Trinajstić information content (AvgIpc) is 2.19. The lowest BCUT2D eigenvalue weighted by Crippen LogP contribution is -2.39. The molecule has 0 saturated carbocycles. The van der Waals surface area contributed by atoms with E-state index in [4.69, 9.17) is 5.84 Å². The Kier molecular flexibility index (Phi) is 5.16. The molecule has 1 aliphatic rings. The van der Waals surface area contributed by atoms with Crippen LogP contribution in [-0.4, -0.2) is 16.5 Å². The highest BCUT2D eigenvalue weighted by atomic mass is 32.2. The summed E-state index contributed by atoms with van der Waals surface area (Å²) in [6, 6.07) is 0.370. The second-order valence-corrected chi connectivity index (χ2v) is 7.01. The molecule has 0 aliphatic heterocycles. The largest absolute Gasteiger partial charge is 0.271 e. The molecule has 3 heteroatoms. The zero-order valence-electron chi connectivity index (χ0n) is 10.2. The van der Waals surface area contributed by atoms with Crippen LogP contribution in [0.4, 0.5) is 0 Å². The topological polar surface area (TPSA) is 38.0 Å². The van der Waals surface area contributed by atoms with Crippen LogP contribution in [-0.2, 0) is 0 Å². The summed E-state index contributed by atoms with van der Waals surface area (Å²) in [5.74, 6) is 6.70. The molecular weight excluding hydrogens is 204 g/mol. The molecule has 0 aromatic carbocycles. The first-order valence-corrected chi connectivity index (χ1v) is 6.80. The maximum Gasteiger partial charge on any atom is 0.0510 e. The lowest BCUT2D eigenvalue weighted by atomic mass is 9.95. The van der Waals surface area contributed by atoms with Crippen molar-refractivity contribution in [2.75, 3.05) is 5.75 Å². The van der Waals surface area contributed by atoms with Gasteiger partial charge in [-0.2, -0.15) is 11.8 Å². The van der Waals surface area contributed by atoms with Crippen LogP contribution in [0, 0.1) is 0 Å². The van der Waals surface area contributed by atoms with Crippen LogP contribution in [0.1, 0.15) is 46.5 Å². The van der Waals surface area contributed by atoms with E-state index >= 15 is 0 Å². The molecule has 0 heterocycles. The lowest BCUT2D eigenvalue weighted by molar-refractivity contribution is 0.580. The molecule has 1 atom stereocenters. The first-order valence-electron chi connectivity index (χ1n) is 5.82. The number of nitrogens with two attached hydrogens (primary N) is 1.